The number of nitrogens with zero attached hydrogens (tertiary/aromatic N) is 1. The quantitative estimate of drug-likeness (QED) is 0.507. The Bertz CT molecular complexity index is 594. The minimum atomic E-state index is -2.91. The number of para-hydroxylation sites is 1. The maximum Gasteiger partial charge on any atom is 0.314 e. The smallest absolute Gasteiger partial charge is 0.314 e. The first-order valence-electron chi connectivity index (χ1n) is 6.34. The van der Waals surface area contributed by atoms with Crippen molar-refractivity contribution in [1.29, 1.82) is 0 Å². The van der Waals surface area contributed by atoms with Gasteiger partial charge in [-0.05, 0) is 18.4 Å². The summed E-state index contributed by atoms with van der Waals surface area (Å²) in [5, 5.41) is 20.4. The lowest BCUT2D eigenvalue weighted by Gasteiger charge is -2.37. The second-order valence-electron chi connectivity index (χ2n) is 5.24. The largest absolute Gasteiger partial charge is 0.481 e. The first-order chi connectivity index (χ1) is 9.69. The number of nitro groups is 1. The van der Waals surface area contributed by atoms with Gasteiger partial charge in [0.25, 0.3) is 5.69 Å². The summed E-state index contributed by atoms with van der Waals surface area (Å²) in [6.07, 6.45) is -1.77. The van der Waals surface area contributed by atoms with Gasteiger partial charge < -0.3 is 10.8 Å². The Morgan fingerprint density at radius 2 is 1.86 bits per heavy atom. The Morgan fingerprint density at radius 3 is 2.33 bits per heavy atom. The monoisotopic (exact) mass is 300 g/mol. The van der Waals surface area contributed by atoms with E-state index >= 15 is 0 Å². The fourth-order valence-corrected chi connectivity index (χ4v) is 2.77. The van der Waals surface area contributed by atoms with E-state index in [1.807, 2.05) is 0 Å². The van der Waals surface area contributed by atoms with E-state index in [1.54, 1.807) is 0 Å². The van der Waals surface area contributed by atoms with Crippen LogP contribution in [0.2, 0.25) is 0 Å². The predicted octanol–water partition coefficient (Wildman–Crippen LogP) is 2.71. The maximum absolute atomic E-state index is 13.3. The Morgan fingerprint density at radius 1 is 1.29 bits per heavy atom. The summed E-state index contributed by atoms with van der Waals surface area (Å²) >= 11 is 0. The number of carboxylic acids is 1. The van der Waals surface area contributed by atoms with E-state index in [4.69, 9.17) is 5.73 Å². The number of halogens is 2. The van der Waals surface area contributed by atoms with Gasteiger partial charge in [0, 0.05) is 18.9 Å². The highest BCUT2D eigenvalue weighted by Gasteiger charge is 2.50. The van der Waals surface area contributed by atoms with Crippen LogP contribution in [0, 0.1) is 10.1 Å². The second kappa shape index (κ2) is 4.94. The number of nitrogen functional groups attached to an aromatic ring is 1. The minimum absolute atomic E-state index is 0.0414. The van der Waals surface area contributed by atoms with Crippen LogP contribution >= 0.6 is 0 Å². The average molecular weight is 300 g/mol. The third-order valence-electron chi connectivity index (χ3n) is 4.04. The van der Waals surface area contributed by atoms with E-state index in [0.717, 1.165) is 6.07 Å². The first-order valence-corrected chi connectivity index (χ1v) is 6.34. The number of benzene rings is 1. The number of carboxylic acid groups (broad SMARTS) is 1. The molecule has 1 aromatic rings. The molecule has 0 aliphatic heterocycles. The summed E-state index contributed by atoms with van der Waals surface area (Å²) in [6, 6.07) is 3.84. The first kappa shape index (κ1) is 15.1. The van der Waals surface area contributed by atoms with Crippen LogP contribution in [0.1, 0.15) is 31.2 Å². The number of nitro benzene ring substituents is 1. The van der Waals surface area contributed by atoms with Crippen molar-refractivity contribution in [3.63, 3.8) is 0 Å². The molecular formula is C13H14F2N2O4. The van der Waals surface area contributed by atoms with Crippen LogP contribution in [-0.2, 0) is 10.2 Å². The van der Waals surface area contributed by atoms with Crippen LogP contribution in [0.15, 0.2) is 18.2 Å². The number of hydrogen-bond acceptors (Lipinski definition) is 4. The number of aliphatic carboxylic acids is 1. The molecule has 1 aliphatic carbocycles. The number of alkyl halides is 2. The molecule has 1 fully saturated rings. The molecule has 0 saturated heterocycles. The van der Waals surface area contributed by atoms with Gasteiger partial charge >= 0.3 is 5.97 Å². The SMILES string of the molecule is Nc1c([N+](=O)[O-])cccc1C1(C(=O)O)CCC(F)(F)CC1. The predicted molar refractivity (Wildman–Crippen MR) is 70.2 cm³/mol. The fraction of sp³-hybridized carbons (Fsp3) is 0.462. The molecule has 0 amide bonds. The number of rotatable bonds is 3. The molecular weight excluding hydrogens is 286 g/mol. The zero-order valence-corrected chi connectivity index (χ0v) is 11.0. The molecule has 0 spiro atoms. The van der Waals surface area contributed by atoms with Crippen LogP contribution in [0.5, 0.6) is 0 Å². The van der Waals surface area contributed by atoms with Crippen molar-refractivity contribution in [2.45, 2.75) is 37.0 Å². The van der Waals surface area contributed by atoms with Gasteiger partial charge in [0.05, 0.1) is 10.3 Å². The molecule has 0 aromatic heterocycles. The van der Waals surface area contributed by atoms with Gasteiger partial charge in [-0.2, -0.15) is 0 Å². The van der Waals surface area contributed by atoms with E-state index in [-0.39, 0.29) is 24.1 Å². The molecule has 0 atom stereocenters. The van der Waals surface area contributed by atoms with Crippen molar-refractivity contribution in [1.82, 2.24) is 0 Å². The highest BCUT2D eigenvalue weighted by molar-refractivity contribution is 5.85. The van der Waals surface area contributed by atoms with Gasteiger partial charge in [0.2, 0.25) is 5.92 Å². The summed E-state index contributed by atoms with van der Waals surface area (Å²) < 4.78 is 26.6. The second-order valence-corrected chi connectivity index (χ2v) is 5.24. The van der Waals surface area contributed by atoms with E-state index in [1.165, 1.54) is 12.1 Å². The molecule has 1 saturated carbocycles. The number of hydrogen-bond donors (Lipinski definition) is 2. The summed E-state index contributed by atoms with van der Waals surface area (Å²) in [4.78, 5) is 21.8. The van der Waals surface area contributed by atoms with Crippen LogP contribution in [0.3, 0.4) is 0 Å². The number of nitrogens with two attached hydrogens (primary N) is 1. The highest BCUT2D eigenvalue weighted by atomic mass is 19.3. The summed E-state index contributed by atoms with van der Waals surface area (Å²) in [5.74, 6) is -4.20. The van der Waals surface area contributed by atoms with Crippen molar-refractivity contribution in [3.8, 4) is 0 Å². The van der Waals surface area contributed by atoms with Crippen LogP contribution in [-0.4, -0.2) is 21.9 Å². The Hall–Kier alpha value is -2.25. The summed E-state index contributed by atoms with van der Waals surface area (Å²) in [5.41, 5.74) is 3.48. The van der Waals surface area contributed by atoms with Gasteiger partial charge in [-0.3, -0.25) is 14.9 Å². The van der Waals surface area contributed by atoms with Crippen molar-refractivity contribution < 1.29 is 23.6 Å². The van der Waals surface area contributed by atoms with Gasteiger partial charge in [-0.25, -0.2) is 8.78 Å². The van der Waals surface area contributed by atoms with Crippen LogP contribution in [0.4, 0.5) is 20.2 Å². The molecule has 0 bridgehead atoms. The number of anilines is 1. The molecule has 0 heterocycles. The van der Waals surface area contributed by atoms with E-state index in [2.05, 4.69) is 0 Å². The normalized spacial score (nSPS) is 19.9. The molecule has 0 radical (unpaired) electrons. The van der Waals surface area contributed by atoms with Crippen LogP contribution in [0.25, 0.3) is 0 Å². The van der Waals surface area contributed by atoms with Gasteiger partial charge in [0.1, 0.15) is 5.69 Å². The molecule has 3 N–H and O–H groups in total. The minimum Gasteiger partial charge on any atom is -0.481 e. The lowest BCUT2D eigenvalue weighted by Crippen LogP contribution is -2.43. The Kier molecular flexibility index (Phi) is 3.56. The zero-order chi connectivity index (χ0) is 15.8. The maximum atomic E-state index is 13.3. The standard InChI is InChI=1S/C13H14F2N2O4/c14-13(15)6-4-12(5-7-13,11(18)19)8-2-1-3-9(10(8)16)17(20)21/h1-3H,4-7,16H2,(H,18,19). The lowest BCUT2D eigenvalue weighted by atomic mass is 9.68. The fourth-order valence-electron chi connectivity index (χ4n) is 2.77. The summed E-state index contributed by atoms with van der Waals surface area (Å²) in [7, 11) is 0. The van der Waals surface area contributed by atoms with Crippen molar-refractivity contribution in [2.24, 2.45) is 0 Å². The van der Waals surface area contributed by atoms with Crippen molar-refractivity contribution in [3.05, 3.63) is 33.9 Å². The van der Waals surface area contributed by atoms with E-state index in [9.17, 15) is 28.8 Å². The van der Waals surface area contributed by atoms with Crippen molar-refractivity contribution >= 4 is 17.3 Å². The van der Waals surface area contributed by atoms with Gasteiger partial charge in [0.15, 0.2) is 0 Å². The highest BCUT2D eigenvalue weighted by Crippen LogP contribution is 2.48. The molecule has 1 aromatic carbocycles. The molecule has 21 heavy (non-hydrogen) atoms. The molecule has 0 unspecified atom stereocenters. The topological polar surface area (TPSA) is 106 Å². The molecule has 1 aliphatic rings. The Labute approximate surface area is 118 Å². The Balaban J connectivity index is 2.53. The van der Waals surface area contributed by atoms with E-state index in [0.29, 0.717) is 0 Å². The third-order valence-corrected chi connectivity index (χ3v) is 4.04. The average Bonchev–Trinajstić information content (AvgIpc) is 2.39. The van der Waals surface area contributed by atoms with Gasteiger partial charge in [-0.15, -0.1) is 0 Å². The number of carbonyl (C=O) groups is 1. The third kappa shape index (κ3) is 2.53. The van der Waals surface area contributed by atoms with Crippen LogP contribution < -0.4 is 5.73 Å². The molecule has 6 nitrogen and oxygen atoms in total. The zero-order valence-electron chi connectivity index (χ0n) is 11.0. The summed E-state index contributed by atoms with van der Waals surface area (Å²) in [6.45, 7) is 0. The molecule has 114 valence electrons. The molecule has 8 heteroatoms. The van der Waals surface area contributed by atoms with Gasteiger partial charge in [-0.1, -0.05) is 12.1 Å². The molecule has 2 rings (SSSR count). The van der Waals surface area contributed by atoms with E-state index < -0.39 is 40.8 Å². The lowest BCUT2D eigenvalue weighted by molar-refractivity contribution is -0.384. The van der Waals surface area contributed by atoms with Crippen molar-refractivity contribution in [2.75, 3.05) is 5.73 Å².